The number of carbonyl (C=O) groups is 2. The van der Waals surface area contributed by atoms with Crippen molar-refractivity contribution in [3.63, 3.8) is 0 Å². The third-order valence-corrected chi connectivity index (χ3v) is 2.61. The molecule has 0 aromatic carbocycles. The van der Waals surface area contributed by atoms with Gasteiger partial charge in [0, 0.05) is 18.5 Å². The van der Waals surface area contributed by atoms with Gasteiger partial charge in [-0.05, 0) is 25.8 Å². The number of pyridine rings is 1. The summed E-state index contributed by atoms with van der Waals surface area (Å²) < 4.78 is 4.91. The molecule has 0 radical (unpaired) electrons. The molecule has 1 unspecified atom stereocenters. The maximum absolute atomic E-state index is 11.7. The minimum Gasteiger partial charge on any atom is -0.481 e. The fourth-order valence-corrected chi connectivity index (χ4v) is 1.60. The highest BCUT2D eigenvalue weighted by Crippen LogP contribution is 2.10. The fourth-order valence-electron chi connectivity index (χ4n) is 1.60. The first-order valence-corrected chi connectivity index (χ1v) is 6.30. The number of nitrogens with one attached hydrogen (secondary N) is 2. The van der Waals surface area contributed by atoms with Crippen LogP contribution < -0.4 is 15.4 Å². The number of anilines is 1. The number of ether oxygens (including phenoxy) is 1. The van der Waals surface area contributed by atoms with Gasteiger partial charge >= 0.3 is 12.0 Å². The number of urea groups is 1. The number of aromatic nitrogens is 1. The Hall–Kier alpha value is -2.31. The van der Waals surface area contributed by atoms with E-state index in [4.69, 9.17) is 9.84 Å². The lowest BCUT2D eigenvalue weighted by Gasteiger charge is -2.14. The molecule has 0 spiro atoms. The van der Waals surface area contributed by atoms with Gasteiger partial charge < -0.3 is 20.5 Å². The minimum atomic E-state index is -0.828. The van der Waals surface area contributed by atoms with Gasteiger partial charge in [0.1, 0.15) is 0 Å². The predicted octanol–water partition coefficient (Wildman–Crippen LogP) is 1.86. The van der Waals surface area contributed by atoms with Crippen molar-refractivity contribution in [1.82, 2.24) is 10.3 Å². The maximum atomic E-state index is 11.7. The van der Waals surface area contributed by atoms with Crippen LogP contribution in [-0.4, -0.2) is 35.2 Å². The molecule has 0 aliphatic carbocycles. The molecule has 20 heavy (non-hydrogen) atoms. The molecule has 0 saturated carbocycles. The highest BCUT2D eigenvalue weighted by atomic mass is 16.5. The van der Waals surface area contributed by atoms with Crippen molar-refractivity contribution in [2.45, 2.75) is 32.2 Å². The number of carboxylic acids is 1. The molecule has 0 aliphatic rings. The van der Waals surface area contributed by atoms with Gasteiger partial charge in [-0.2, -0.15) is 0 Å². The molecule has 2 amide bonds. The summed E-state index contributed by atoms with van der Waals surface area (Å²) in [5.41, 5.74) is 0.557. The number of carbonyl (C=O) groups excluding carboxylic acids is 1. The molecule has 1 aromatic rings. The maximum Gasteiger partial charge on any atom is 0.319 e. The molecule has 1 rings (SSSR count). The Balaban J connectivity index is 2.32. The summed E-state index contributed by atoms with van der Waals surface area (Å²) in [4.78, 5) is 26.0. The number of carboxylic acid groups (broad SMARTS) is 1. The van der Waals surface area contributed by atoms with Crippen molar-refractivity contribution in [2.75, 3.05) is 12.4 Å². The summed E-state index contributed by atoms with van der Waals surface area (Å²) in [5, 5.41) is 13.9. The van der Waals surface area contributed by atoms with E-state index in [1.807, 2.05) is 6.92 Å². The zero-order chi connectivity index (χ0) is 15.0. The van der Waals surface area contributed by atoms with Crippen molar-refractivity contribution < 1.29 is 19.4 Å². The molecule has 7 heteroatoms. The Kier molecular flexibility index (Phi) is 6.28. The van der Waals surface area contributed by atoms with Crippen LogP contribution in [0.2, 0.25) is 0 Å². The molecule has 1 aromatic heterocycles. The van der Waals surface area contributed by atoms with Gasteiger partial charge in [0.05, 0.1) is 19.0 Å². The molecule has 1 heterocycles. The van der Waals surface area contributed by atoms with E-state index >= 15 is 0 Å². The van der Waals surface area contributed by atoms with E-state index < -0.39 is 5.97 Å². The van der Waals surface area contributed by atoms with Crippen LogP contribution in [-0.2, 0) is 4.79 Å². The summed E-state index contributed by atoms with van der Waals surface area (Å²) >= 11 is 0. The number of hydrogen-bond acceptors (Lipinski definition) is 4. The van der Waals surface area contributed by atoms with Crippen LogP contribution in [0.25, 0.3) is 0 Å². The predicted molar refractivity (Wildman–Crippen MR) is 73.9 cm³/mol. The van der Waals surface area contributed by atoms with E-state index in [1.165, 1.54) is 13.3 Å². The molecule has 0 aliphatic heterocycles. The topological polar surface area (TPSA) is 101 Å². The van der Waals surface area contributed by atoms with Crippen LogP contribution in [0.1, 0.15) is 26.2 Å². The second-order valence-electron chi connectivity index (χ2n) is 4.37. The minimum absolute atomic E-state index is 0.0967. The second-order valence-corrected chi connectivity index (χ2v) is 4.37. The highest BCUT2D eigenvalue weighted by molar-refractivity contribution is 5.89. The van der Waals surface area contributed by atoms with Crippen LogP contribution in [0.15, 0.2) is 18.3 Å². The van der Waals surface area contributed by atoms with Crippen LogP contribution in [0, 0.1) is 0 Å². The number of nitrogens with zero attached hydrogens (tertiary/aromatic N) is 1. The Morgan fingerprint density at radius 3 is 2.75 bits per heavy atom. The van der Waals surface area contributed by atoms with Gasteiger partial charge in [0.25, 0.3) is 0 Å². The summed E-state index contributed by atoms with van der Waals surface area (Å²) in [7, 11) is 1.51. The Morgan fingerprint density at radius 1 is 1.45 bits per heavy atom. The summed E-state index contributed by atoms with van der Waals surface area (Å²) in [5.74, 6) is -0.357. The average molecular weight is 281 g/mol. The van der Waals surface area contributed by atoms with Gasteiger partial charge in [-0.15, -0.1) is 0 Å². The van der Waals surface area contributed by atoms with E-state index in [1.54, 1.807) is 12.1 Å². The smallest absolute Gasteiger partial charge is 0.319 e. The summed E-state index contributed by atoms with van der Waals surface area (Å²) in [6, 6.07) is 2.88. The van der Waals surface area contributed by atoms with Crippen molar-refractivity contribution in [2.24, 2.45) is 0 Å². The number of aliphatic carboxylic acids is 1. The fraction of sp³-hybridized carbons (Fsp3) is 0.462. The number of methoxy groups -OCH3 is 1. The lowest BCUT2D eigenvalue weighted by Crippen LogP contribution is -2.36. The molecule has 1 atom stereocenters. The molecule has 110 valence electrons. The van der Waals surface area contributed by atoms with Gasteiger partial charge in [-0.25, -0.2) is 9.78 Å². The molecule has 0 bridgehead atoms. The molecule has 3 N–H and O–H groups in total. The van der Waals surface area contributed by atoms with Gasteiger partial charge in [0.15, 0.2) is 0 Å². The third-order valence-electron chi connectivity index (χ3n) is 2.61. The third kappa shape index (κ3) is 6.03. The van der Waals surface area contributed by atoms with Crippen LogP contribution in [0.3, 0.4) is 0 Å². The number of rotatable bonds is 7. The van der Waals surface area contributed by atoms with Crippen LogP contribution >= 0.6 is 0 Å². The largest absolute Gasteiger partial charge is 0.481 e. The lowest BCUT2D eigenvalue weighted by atomic mass is 10.1. The Labute approximate surface area is 117 Å². The van der Waals surface area contributed by atoms with Gasteiger partial charge in [-0.1, -0.05) is 0 Å². The van der Waals surface area contributed by atoms with E-state index in [2.05, 4.69) is 15.6 Å². The van der Waals surface area contributed by atoms with Crippen molar-refractivity contribution in [3.05, 3.63) is 18.3 Å². The van der Waals surface area contributed by atoms with E-state index in [0.29, 0.717) is 24.4 Å². The van der Waals surface area contributed by atoms with Crippen molar-refractivity contribution >= 4 is 17.7 Å². The lowest BCUT2D eigenvalue weighted by molar-refractivity contribution is -0.137. The van der Waals surface area contributed by atoms with Crippen LogP contribution in [0.5, 0.6) is 5.88 Å². The second kappa shape index (κ2) is 7.98. The SMILES string of the molecule is COc1ccc(NC(=O)NC(C)CCCC(=O)O)cn1. The van der Waals surface area contributed by atoms with Crippen LogP contribution in [0.4, 0.5) is 10.5 Å². The zero-order valence-corrected chi connectivity index (χ0v) is 11.5. The average Bonchev–Trinajstić information content (AvgIpc) is 2.38. The van der Waals surface area contributed by atoms with Gasteiger partial charge in [-0.3, -0.25) is 4.79 Å². The molecule has 0 fully saturated rings. The number of amides is 2. The van der Waals surface area contributed by atoms with Gasteiger partial charge in [0.2, 0.25) is 5.88 Å². The van der Waals surface area contributed by atoms with E-state index in [-0.39, 0.29) is 18.5 Å². The Bertz CT molecular complexity index is 447. The van der Waals surface area contributed by atoms with Crippen molar-refractivity contribution in [3.8, 4) is 5.88 Å². The highest BCUT2D eigenvalue weighted by Gasteiger charge is 2.08. The quantitative estimate of drug-likeness (QED) is 0.708. The van der Waals surface area contributed by atoms with E-state index in [9.17, 15) is 9.59 Å². The molecular formula is C13H19N3O4. The molecule has 0 saturated heterocycles. The Morgan fingerprint density at radius 2 is 2.20 bits per heavy atom. The molecular weight excluding hydrogens is 262 g/mol. The van der Waals surface area contributed by atoms with E-state index in [0.717, 1.165) is 0 Å². The summed E-state index contributed by atoms with van der Waals surface area (Å²) in [6.45, 7) is 1.83. The molecule has 7 nitrogen and oxygen atoms in total. The standard InChI is InChI=1S/C13H19N3O4/c1-9(4-3-5-12(17)18)15-13(19)16-10-6-7-11(20-2)14-8-10/h6-9H,3-5H2,1-2H3,(H,17,18)(H2,15,16,19). The first-order valence-electron chi connectivity index (χ1n) is 6.30. The number of hydrogen-bond donors (Lipinski definition) is 3. The zero-order valence-electron chi connectivity index (χ0n) is 11.5. The van der Waals surface area contributed by atoms with Crippen molar-refractivity contribution in [1.29, 1.82) is 0 Å². The summed E-state index contributed by atoms with van der Waals surface area (Å²) in [6.07, 6.45) is 2.74. The monoisotopic (exact) mass is 281 g/mol. The normalized spacial score (nSPS) is 11.5. The first kappa shape index (κ1) is 15.7. The first-order chi connectivity index (χ1) is 9.51.